The third kappa shape index (κ3) is 5.84. The highest BCUT2D eigenvalue weighted by Crippen LogP contribution is 2.47. The summed E-state index contributed by atoms with van der Waals surface area (Å²) in [5.41, 5.74) is 2.68. The summed E-state index contributed by atoms with van der Waals surface area (Å²) in [6.07, 6.45) is 5.43. The smallest absolute Gasteiger partial charge is 0.255 e. The number of hydrogen-bond donors (Lipinski definition) is 2. The number of imide groups is 1. The van der Waals surface area contributed by atoms with Gasteiger partial charge < -0.3 is 15.0 Å². The van der Waals surface area contributed by atoms with Crippen LogP contribution in [0, 0.1) is 5.92 Å². The summed E-state index contributed by atoms with van der Waals surface area (Å²) < 4.78 is 5.90. The second-order valence-electron chi connectivity index (χ2n) is 10.1. The fourth-order valence-corrected chi connectivity index (χ4v) is 5.31. The van der Waals surface area contributed by atoms with Crippen molar-refractivity contribution in [2.24, 2.45) is 5.92 Å². The van der Waals surface area contributed by atoms with Crippen LogP contribution in [0.15, 0.2) is 48.5 Å². The predicted octanol–water partition coefficient (Wildman–Crippen LogP) is 3.31. The lowest BCUT2D eigenvalue weighted by molar-refractivity contribution is -0.137. The summed E-state index contributed by atoms with van der Waals surface area (Å²) in [4.78, 5) is 50.3. The zero-order valence-corrected chi connectivity index (χ0v) is 20.9. The molecule has 0 aromatic heterocycles. The van der Waals surface area contributed by atoms with Crippen LogP contribution in [0.1, 0.15) is 72.3 Å². The molecule has 8 heteroatoms. The normalized spacial score (nSPS) is 22.4. The van der Waals surface area contributed by atoms with Crippen LogP contribution in [0.5, 0.6) is 5.75 Å². The SMILES string of the molecule is O=C1CCC(N2Cc3cc(OCCCCCCNC(=O)[C@@H]4C[C@@H]4c4ccccc4)ccc3C2=O)C(=O)N1. The first-order chi connectivity index (χ1) is 18.0. The molecule has 2 aromatic carbocycles. The van der Waals surface area contributed by atoms with Gasteiger partial charge in [0.1, 0.15) is 11.8 Å². The van der Waals surface area contributed by atoms with Gasteiger partial charge >= 0.3 is 0 Å². The van der Waals surface area contributed by atoms with E-state index in [1.54, 1.807) is 17.0 Å². The molecule has 1 saturated carbocycles. The minimum Gasteiger partial charge on any atom is -0.494 e. The van der Waals surface area contributed by atoms with Gasteiger partial charge in [-0.3, -0.25) is 24.5 Å². The molecule has 1 saturated heterocycles. The summed E-state index contributed by atoms with van der Waals surface area (Å²) in [5.74, 6) is 0.495. The Balaban J connectivity index is 0.967. The van der Waals surface area contributed by atoms with Gasteiger partial charge in [0.15, 0.2) is 0 Å². The van der Waals surface area contributed by atoms with Gasteiger partial charge in [-0.1, -0.05) is 43.2 Å². The lowest BCUT2D eigenvalue weighted by Gasteiger charge is -2.29. The number of benzene rings is 2. The Labute approximate surface area is 216 Å². The van der Waals surface area contributed by atoms with E-state index in [2.05, 4.69) is 22.8 Å². The fraction of sp³-hybridized carbons (Fsp3) is 0.448. The summed E-state index contributed by atoms with van der Waals surface area (Å²) in [5, 5.41) is 5.40. The molecular weight excluding hydrogens is 470 g/mol. The average molecular weight is 504 g/mol. The Hall–Kier alpha value is -3.68. The maximum absolute atomic E-state index is 12.8. The van der Waals surface area contributed by atoms with Gasteiger partial charge in [0.2, 0.25) is 17.7 Å². The Morgan fingerprint density at radius 1 is 1.03 bits per heavy atom. The molecule has 0 radical (unpaired) electrons. The van der Waals surface area contributed by atoms with Crippen LogP contribution in [-0.4, -0.2) is 47.7 Å². The van der Waals surface area contributed by atoms with E-state index in [0.29, 0.717) is 43.3 Å². The molecule has 5 rings (SSSR count). The monoisotopic (exact) mass is 503 g/mol. The standard InChI is InChI=1S/C29H33N3O5/c33-26-13-12-25(28(35)31-26)32-18-20-16-21(10-11-22(20)29(32)36)37-15-7-2-1-6-14-30-27(34)24-17-23(24)19-8-4-3-5-9-19/h3-5,8-11,16,23-25H,1-2,6-7,12-15,17-18H2,(H,30,34)(H,31,33,35)/t23-,24-,25?/m1/s1. The number of piperidine rings is 1. The molecule has 0 bridgehead atoms. The van der Waals surface area contributed by atoms with Gasteiger partial charge in [-0.25, -0.2) is 0 Å². The molecule has 2 N–H and O–H groups in total. The first kappa shape index (κ1) is 25.0. The summed E-state index contributed by atoms with van der Waals surface area (Å²) >= 11 is 0. The zero-order valence-electron chi connectivity index (χ0n) is 20.9. The zero-order chi connectivity index (χ0) is 25.8. The van der Waals surface area contributed by atoms with Crippen molar-refractivity contribution >= 4 is 23.6 Å². The second kappa shape index (κ2) is 11.2. The van der Waals surface area contributed by atoms with Crippen LogP contribution in [-0.2, 0) is 20.9 Å². The van der Waals surface area contributed by atoms with E-state index in [1.807, 2.05) is 24.3 Å². The fourth-order valence-electron chi connectivity index (χ4n) is 5.31. The number of fused-ring (bicyclic) bond motifs is 1. The Bertz CT molecular complexity index is 1180. The molecular formula is C29H33N3O5. The van der Waals surface area contributed by atoms with Crippen LogP contribution >= 0.6 is 0 Å². The van der Waals surface area contributed by atoms with Crippen molar-refractivity contribution in [3.63, 3.8) is 0 Å². The van der Waals surface area contributed by atoms with Crippen molar-refractivity contribution in [2.75, 3.05) is 13.2 Å². The number of amides is 4. The Morgan fingerprint density at radius 2 is 1.84 bits per heavy atom. The third-order valence-corrected chi connectivity index (χ3v) is 7.49. The molecule has 2 aliphatic heterocycles. The molecule has 3 atom stereocenters. The molecule has 2 fully saturated rings. The maximum atomic E-state index is 12.8. The topological polar surface area (TPSA) is 105 Å². The van der Waals surface area contributed by atoms with Crippen LogP contribution in [0.25, 0.3) is 0 Å². The van der Waals surface area contributed by atoms with Crippen molar-refractivity contribution in [3.8, 4) is 5.75 Å². The van der Waals surface area contributed by atoms with Crippen LogP contribution < -0.4 is 15.4 Å². The van der Waals surface area contributed by atoms with E-state index in [4.69, 9.17) is 4.74 Å². The molecule has 37 heavy (non-hydrogen) atoms. The summed E-state index contributed by atoms with van der Waals surface area (Å²) in [7, 11) is 0. The molecule has 4 amide bonds. The average Bonchev–Trinajstić information content (AvgIpc) is 3.64. The number of nitrogens with zero attached hydrogens (tertiary/aromatic N) is 1. The largest absolute Gasteiger partial charge is 0.494 e. The van der Waals surface area contributed by atoms with Gasteiger partial charge in [0, 0.05) is 31.0 Å². The van der Waals surface area contributed by atoms with Gasteiger partial charge in [-0.05, 0) is 60.9 Å². The number of hydrogen-bond acceptors (Lipinski definition) is 5. The van der Waals surface area contributed by atoms with E-state index >= 15 is 0 Å². The highest BCUT2D eigenvalue weighted by Gasteiger charge is 2.43. The third-order valence-electron chi connectivity index (χ3n) is 7.49. The first-order valence-corrected chi connectivity index (χ1v) is 13.2. The van der Waals surface area contributed by atoms with Gasteiger partial charge in [0.05, 0.1) is 6.61 Å². The molecule has 2 heterocycles. The second-order valence-corrected chi connectivity index (χ2v) is 10.1. The predicted molar refractivity (Wildman–Crippen MR) is 137 cm³/mol. The highest BCUT2D eigenvalue weighted by atomic mass is 16.5. The van der Waals surface area contributed by atoms with Crippen molar-refractivity contribution in [2.45, 2.75) is 63.5 Å². The number of carbonyl (C=O) groups is 4. The maximum Gasteiger partial charge on any atom is 0.255 e. The molecule has 2 aromatic rings. The number of unbranched alkanes of at least 4 members (excludes halogenated alkanes) is 3. The van der Waals surface area contributed by atoms with Gasteiger partial charge in [0.25, 0.3) is 5.91 Å². The summed E-state index contributed by atoms with van der Waals surface area (Å²) in [6, 6.07) is 15.0. The van der Waals surface area contributed by atoms with Crippen molar-refractivity contribution in [1.82, 2.24) is 15.5 Å². The summed E-state index contributed by atoms with van der Waals surface area (Å²) in [6.45, 7) is 1.63. The van der Waals surface area contributed by atoms with Gasteiger partial charge in [-0.15, -0.1) is 0 Å². The molecule has 8 nitrogen and oxygen atoms in total. The number of carbonyl (C=O) groups excluding carboxylic acids is 4. The van der Waals surface area contributed by atoms with Crippen molar-refractivity contribution in [1.29, 1.82) is 0 Å². The van der Waals surface area contributed by atoms with Crippen LogP contribution in [0.2, 0.25) is 0 Å². The first-order valence-electron chi connectivity index (χ1n) is 13.2. The van der Waals surface area contributed by atoms with E-state index in [0.717, 1.165) is 37.7 Å². The Morgan fingerprint density at radius 3 is 2.65 bits per heavy atom. The van der Waals surface area contributed by atoms with E-state index in [9.17, 15) is 19.2 Å². The van der Waals surface area contributed by atoms with Crippen molar-refractivity contribution in [3.05, 3.63) is 65.2 Å². The van der Waals surface area contributed by atoms with Crippen LogP contribution in [0.3, 0.4) is 0 Å². The number of rotatable bonds is 11. The Kier molecular flexibility index (Phi) is 7.53. The lowest BCUT2D eigenvalue weighted by atomic mass is 10.0. The van der Waals surface area contributed by atoms with E-state index in [-0.39, 0.29) is 30.1 Å². The van der Waals surface area contributed by atoms with E-state index in [1.165, 1.54) is 5.56 Å². The molecule has 1 aliphatic carbocycles. The molecule has 3 aliphatic rings. The molecule has 194 valence electrons. The number of nitrogens with one attached hydrogen (secondary N) is 2. The number of ether oxygens (including phenoxy) is 1. The molecule has 1 unspecified atom stereocenters. The lowest BCUT2D eigenvalue weighted by Crippen LogP contribution is -2.52. The minimum atomic E-state index is -0.610. The quantitative estimate of drug-likeness (QED) is 0.362. The van der Waals surface area contributed by atoms with Crippen LogP contribution in [0.4, 0.5) is 0 Å². The van der Waals surface area contributed by atoms with Crippen molar-refractivity contribution < 1.29 is 23.9 Å². The highest BCUT2D eigenvalue weighted by molar-refractivity contribution is 6.05. The molecule has 0 spiro atoms. The van der Waals surface area contributed by atoms with Gasteiger partial charge in [-0.2, -0.15) is 0 Å². The van der Waals surface area contributed by atoms with E-state index < -0.39 is 11.9 Å². The minimum absolute atomic E-state index is 0.120.